The molecule has 10 heteroatoms. The van der Waals surface area contributed by atoms with Gasteiger partial charge in [-0.25, -0.2) is 8.78 Å². The molecule has 3 aromatic rings. The summed E-state index contributed by atoms with van der Waals surface area (Å²) in [7, 11) is 0. The predicted octanol–water partition coefficient (Wildman–Crippen LogP) is 5.84. The van der Waals surface area contributed by atoms with E-state index < -0.39 is 46.0 Å². The third-order valence-corrected chi connectivity index (χ3v) is 5.23. The van der Waals surface area contributed by atoms with Crippen molar-refractivity contribution in [2.75, 3.05) is 5.32 Å². The number of amides is 1. The minimum Gasteiger partial charge on any atom is -0.456 e. The molecule has 0 spiro atoms. The molecular formula is C23H17F5N2O3. The van der Waals surface area contributed by atoms with E-state index in [-0.39, 0.29) is 35.4 Å². The van der Waals surface area contributed by atoms with Gasteiger partial charge in [0, 0.05) is 23.5 Å². The van der Waals surface area contributed by atoms with Gasteiger partial charge in [0.05, 0.1) is 11.1 Å². The summed E-state index contributed by atoms with van der Waals surface area (Å²) in [4.78, 5) is 26.8. The van der Waals surface area contributed by atoms with Gasteiger partial charge in [-0.3, -0.25) is 9.59 Å². The van der Waals surface area contributed by atoms with Gasteiger partial charge in [-0.15, -0.1) is 0 Å². The Morgan fingerprint density at radius 1 is 1.09 bits per heavy atom. The van der Waals surface area contributed by atoms with Crippen molar-refractivity contribution in [3.8, 4) is 11.5 Å². The SMILES string of the molecule is Cc1cc(F)ccc1Oc1cc(C(F)(F)F)c(C2(F)CC2)cc1C(=O)Nc1cc[nH]c(=O)c1. The molecule has 2 N–H and O–H groups in total. The fourth-order valence-corrected chi connectivity index (χ4v) is 3.39. The van der Waals surface area contributed by atoms with Gasteiger partial charge in [0.2, 0.25) is 5.56 Å². The number of aromatic amines is 1. The highest BCUT2D eigenvalue weighted by atomic mass is 19.4. The number of hydrogen-bond acceptors (Lipinski definition) is 3. The summed E-state index contributed by atoms with van der Waals surface area (Å²) >= 11 is 0. The number of carbonyl (C=O) groups excluding carboxylic acids is 1. The molecule has 0 saturated heterocycles. The third-order valence-electron chi connectivity index (χ3n) is 5.23. The zero-order valence-corrected chi connectivity index (χ0v) is 17.1. The first-order chi connectivity index (χ1) is 15.5. The highest BCUT2D eigenvalue weighted by Gasteiger charge is 2.51. The van der Waals surface area contributed by atoms with Crippen molar-refractivity contribution in [3.05, 3.63) is 87.1 Å². The Morgan fingerprint density at radius 3 is 2.42 bits per heavy atom. The van der Waals surface area contributed by atoms with E-state index in [4.69, 9.17) is 4.74 Å². The van der Waals surface area contributed by atoms with Crippen LogP contribution >= 0.6 is 0 Å². The van der Waals surface area contributed by atoms with Gasteiger partial charge in [-0.1, -0.05) is 0 Å². The van der Waals surface area contributed by atoms with E-state index in [1.165, 1.54) is 25.3 Å². The van der Waals surface area contributed by atoms with Crippen LogP contribution in [0, 0.1) is 12.7 Å². The standard InChI is InChI=1S/C23H17F5N2O3/c1-12-8-13(24)2-3-18(12)33-19-11-17(23(26,27)28)16(22(25)5-6-22)10-15(19)21(32)30-14-4-7-29-20(31)9-14/h2-4,7-11H,5-6H2,1H3,(H2,29,30,31,32). The first kappa shape index (κ1) is 22.5. The van der Waals surface area contributed by atoms with E-state index in [1.54, 1.807) is 0 Å². The van der Waals surface area contributed by atoms with Crippen molar-refractivity contribution < 1.29 is 31.5 Å². The zero-order valence-electron chi connectivity index (χ0n) is 17.1. The van der Waals surface area contributed by atoms with E-state index >= 15 is 0 Å². The fraction of sp³-hybridized carbons (Fsp3) is 0.217. The number of anilines is 1. The normalized spacial score (nSPS) is 14.6. The van der Waals surface area contributed by atoms with Gasteiger partial charge in [0.1, 0.15) is 23.0 Å². The van der Waals surface area contributed by atoms with E-state index in [1.807, 2.05) is 0 Å². The Morgan fingerprint density at radius 2 is 1.82 bits per heavy atom. The number of benzene rings is 2. The number of nitrogens with one attached hydrogen (secondary N) is 2. The van der Waals surface area contributed by atoms with Crippen LogP contribution in [0.1, 0.15) is 39.9 Å². The number of aryl methyl sites for hydroxylation is 1. The number of halogens is 5. The molecule has 1 aromatic heterocycles. The molecule has 0 unspecified atom stereocenters. The quantitative estimate of drug-likeness (QED) is 0.466. The molecule has 0 bridgehead atoms. The fourth-order valence-electron chi connectivity index (χ4n) is 3.39. The highest BCUT2D eigenvalue weighted by molar-refractivity contribution is 6.06. The summed E-state index contributed by atoms with van der Waals surface area (Å²) in [6.45, 7) is 1.48. The van der Waals surface area contributed by atoms with Gasteiger partial charge < -0.3 is 15.0 Å². The molecule has 0 aliphatic heterocycles. The molecule has 1 amide bonds. The van der Waals surface area contributed by atoms with Crippen molar-refractivity contribution in [1.29, 1.82) is 0 Å². The maximum atomic E-state index is 14.9. The second-order valence-electron chi connectivity index (χ2n) is 7.76. The average Bonchev–Trinajstić information content (AvgIpc) is 3.47. The predicted molar refractivity (Wildman–Crippen MR) is 110 cm³/mol. The van der Waals surface area contributed by atoms with Crippen molar-refractivity contribution in [2.45, 2.75) is 31.6 Å². The lowest BCUT2D eigenvalue weighted by atomic mass is 9.96. The second-order valence-corrected chi connectivity index (χ2v) is 7.76. The Labute approximate surface area is 184 Å². The summed E-state index contributed by atoms with van der Waals surface area (Å²) < 4.78 is 75.2. The maximum absolute atomic E-state index is 14.9. The minimum absolute atomic E-state index is 0.0175. The molecule has 172 valence electrons. The van der Waals surface area contributed by atoms with Crippen LogP contribution in [0.5, 0.6) is 11.5 Å². The Kier molecular flexibility index (Phi) is 5.47. The van der Waals surface area contributed by atoms with Crippen molar-refractivity contribution in [3.63, 3.8) is 0 Å². The van der Waals surface area contributed by atoms with E-state index in [0.717, 1.165) is 24.3 Å². The van der Waals surface area contributed by atoms with Crippen molar-refractivity contribution in [2.24, 2.45) is 0 Å². The van der Waals surface area contributed by atoms with Crippen LogP contribution in [-0.2, 0) is 11.8 Å². The average molecular weight is 464 g/mol. The van der Waals surface area contributed by atoms with E-state index in [0.29, 0.717) is 6.07 Å². The number of pyridine rings is 1. The number of hydrogen-bond donors (Lipinski definition) is 2. The molecular weight excluding hydrogens is 447 g/mol. The topological polar surface area (TPSA) is 71.2 Å². The molecule has 1 fully saturated rings. The van der Waals surface area contributed by atoms with E-state index in [2.05, 4.69) is 10.3 Å². The lowest BCUT2D eigenvalue weighted by molar-refractivity contribution is -0.139. The van der Waals surface area contributed by atoms with Crippen molar-refractivity contribution in [1.82, 2.24) is 4.98 Å². The molecule has 0 atom stereocenters. The molecule has 1 saturated carbocycles. The van der Waals surface area contributed by atoms with E-state index in [9.17, 15) is 31.5 Å². The van der Waals surface area contributed by atoms with Crippen LogP contribution in [0.25, 0.3) is 0 Å². The van der Waals surface area contributed by atoms with Crippen LogP contribution in [0.2, 0.25) is 0 Å². The maximum Gasteiger partial charge on any atom is 0.416 e. The first-order valence-corrected chi connectivity index (χ1v) is 9.85. The number of ether oxygens (including phenoxy) is 1. The first-order valence-electron chi connectivity index (χ1n) is 9.85. The van der Waals surface area contributed by atoms with Crippen LogP contribution in [0.4, 0.5) is 27.6 Å². The number of carbonyl (C=O) groups is 1. The van der Waals surface area contributed by atoms with Crippen molar-refractivity contribution >= 4 is 11.6 Å². The van der Waals surface area contributed by atoms with Crippen LogP contribution < -0.4 is 15.6 Å². The molecule has 1 heterocycles. The third kappa shape index (κ3) is 4.74. The summed E-state index contributed by atoms with van der Waals surface area (Å²) in [6.07, 6.45) is -3.85. The molecule has 1 aliphatic rings. The summed E-state index contributed by atoms with van der Waals surface area (Å²) in [5.41, 5.74) is -4.65. The zero-order chi connectivity index (χ0) is 24.0. The smallest absolute Gasteiger partial charge is 0.416 e. The number of alkyl halides is 4. The number of aromatic nitrogens is 1. The summed E-state index contributed by atoms with van der Waals surface area (Å²) in [5.74, 6) is -1.96. The van der Waals surface area contributed by atoms with Gasteiger partial charge in [0.15, 0.2) is 0 Å². The molecule has 2 aromatic carbocycles. The summed E-state index contributed by atoms with van der Waals surface area (Å²) in [6, 6.07) is 7.22. The molecule has 5 nitrogen and oxygen atoms in total. The molecule has 4 rings (SSSR count). The molecule has 1 aliphatic carbocycles. The monoisotopic (exact) mass is 464 g/mol. The Hall–Kier alpha value is -3.69. The second kappa shape index (κ2) is 8.02. The minimum atomic E-state index is -4.91. The number of H-pyrrole nitrogens is 1. The lowest BCUT2D eigenvalue weighted by Gasteiger charge is -2.20. The van der Waals surface area contributed by atoms with Crippen LogP contribution in [0.15, 0.2) is 53.5 Å². The highest BCUT2D eigenvalue weighted by Crippen LogP contribution is 2.54. The Balaban J connectivity index is 1.84. The Bertz CT molecular complexity index is 1300. The van der Waals surface area contributed by atoms with Gasteiger partial charge >= 0.3 is 6.18 Å². The lowest BCUT2D eigenvalue weighted by Crippen LogP contribution is -2.19. The van der Waals surface area contributed by atoms with Crippen LogP contribution in [-0.4, -0.2) is 10.9 Å². The molecule has 33 heavy (non-hydrogen) atoms. The van der Waals surface area contributed by atoms with Gasteiger partial charge in [-0.2, -0.15) is 13.2 Å². The largest absolute Gasteiger partial charge is 0.456 e. The van der Waals surface area contributed by atoms with Crippen LogP contribution in [0.3, 0.4) is 0 Å². The van der Waals surface area contributed by atoms with Gasteiger partial charge in [0.25, 0.3) is 5.91 Å². The molecule has 0 radical (unpaired) electrons. The summed E-state index contributed by atoms with van der Waals surface area (Å²) in [5, 5.41) is 2.40. The van der Waals surface area contributed by atoms with Gasteiger partial charge in [-0.05, 0) is 61.7 Å². The number of rotatable bonds is 5.